The number of amides is 1. The third kappa shape index (κ3) is 2.29. The quantitative estimate of drug-likeness (QED) is 0.597. The van der Waals surface area contributed by atoms with Crippen LogP contribution in [-0.2, 0) is 4.79 Å². The Bertz CT molecular complexity index is 127. The smallest absolute Gasteiger partial charge is 0.233 e. The van der Waals surface area contributed by atoms with E-state index in [9.17, 15) is 4.79 Å². The zero-order valence-corrected chi connectivity index (χ0v) is 7.49. The largest absolute Gasteiger partial charge is 0.355 e. The molecule has 1 amide bonds. The van der Waals surface area contributed by atoms with E-state index < -0.39 is 0 Å². The molecule has 10 heavy (non-hydrogen) atoms. The van der Waals surface area contributed by atoms with E-state index in [1.165, 1.54) is 12.8 Å². The SMILES string of the molecule is O=C1NCCCCCC1Br. The molecule has 1 rings (SSSR count). The normalized spacial score (nSPS) is 28.5. The zero-order chi connectivity index (χ0) is 7.40. The fourth-order valence-electron chi connectivity index (χ4n) is 1.08. The second kappa shape index (κ2) is 3.96. The summed E-state index contributed by atoms with van der Waals surface area (Å²) in [5.41, 5.74) is 0. The van der Waals surface area contributed by atoms with Crippen LogP contribution in [-0.4, -0.2) is 17.3 Å². The van der Waals surface area contributed by atoms with Crippen molar-refractivity contribution in [3.05, 3.63) is 0 Å². The van der Waals surface area contributed by atoms with E-state index in [0.717, 1.165) is 19.4 Å². The van der Waals surface area contributed by atoms with Crippen LogP contribution in [0.25, 0.3) is 0 Å². The van der Waals surface area contributed by atoms with Gasteiger partial charge < -0.3 is 5.32 Å². The molecule has 1 unspecified atom stereocenters. The second-order valence-corrected chi connectivity index (χ2v) is 3.71. The van der Waals surface area contributed by atoms with Crippen molar-refractivity contribution in [3.8, 4) is 0 Å². The first-order valence-electron chi connectivity index (χ1n) is 3.72. The van der Waals surface area contributed by atoms with Gasteiger partial charge in [0.1, 0.15) is 0 Å². The molecule has 0 aromatic carbocycles. The third-order valence-electron chi connectivity index (χ3n) is 1.72. The Morgan fingerprint density at radius 1 is 1.40 bits per heavy atom. The summed E-state index contributed by atoms with van der Waals surface area (Å²) in [7, 11) is 0. The summed E-state index contributed by atoms with van der Waals surface area (Å²) in [5, 5.41) is 2.85. The predicted molar refractivity (Wildman–Crippen MR) is 44.2 cm³/mol. The lowest BCUT2D eigenvalue weighted by atomic mass is 10.1. The van der Waals surface area contributed by atoms with Crippen molar-refractivity contribution in [1.82, 2.24) is 5.32 Å². The van der Waals surface area contributed by atoms with Gasteiger partial charge in [-0.25, -0.2) is 0 Å². The van der Waals surface area contributed by atoms with Gasteiger partial charge in [-0.15, -0.1) is 0 Å². The highest BCUT2D eigenvalue weighted by Crippen LogP contribution is 2.13. The fraction of sp³-hybridized carbons (Fsp3) is 0.857. The van der Waals surface area contributed by atoms with Crippen LogP contribution in [0.1, 0.15) is 25.7 Å². The number of carbonyl (C=O) groups excluding carboxylic acids is 1. The number of alkyl halides is 1. The van der Waals surface area contributed by atoms with Crippen LogP contribution in [0.2, 0.25) is 0 Å². The van der Waals surface area contributed by atoms with Crippen LogP contribution < -0.4 is 5.32 Å². The number of carbonyl (C=O) groups is 1. The highest BCUT2D eigenvalue weighted by Gasteiger charge is 2.14. The summed E-state index contributed by atoms with van der Waals surface area (Å²) in [6.07, 6.45) is 4.52. The Hall–Kier alpha value is -0.0500. The highest BCUT2D eigenvalue weighted by atomic mass is 79.9. The van der Waals surface area contributed by atoms with Crippen LogP contribution in [0.3, 0.4) is 0 Å². The molecule has 0 radical (unpaired) electrons. The minimum atomic E-state index is 0.0489. The third-order valence-corrected chi connectivity index (χ3v) is 2.59. The van der Waals surface area contributed by atoms with Crippen molar-refractivity contribution in [2.24, 2.45) is 0 Å². The molecule has 0 aromatic heterocycles. The molecule has 2 nitrogen and oxygen atoms in total. The van der Waals surface area contributed by atoms with Crippen LogP contribution in [0.5, 0.6) is 0 Å². The molecule has 1 fully saturated rings. The van der Waals surface area contributed by atoms with Gasteiger partial charge in [0, 0.05) is 6.54 Å². The van der Waals surface area contributed by atoms with Crippen LogP contribution in [0.15, 0.2) is 0 Å². The molecular formula is C7H12BrNO. The van der Waals surface area contributed by atoms with Gasteiger partial charge in [-0.3, -0.25) is 4.79 Å². The van der Waals surface area contributed by atoms with E-state index >= 15 is 0 Å². The van der Waals surface area contributed by atoms with Crippen LogP contribution in [0.4, 0.5) is 0 Å². The first-order chi connectivity index (χ1) is 4.80. The van der Waals surface area contributed by atoms with Gasteiger partial charge in [0.25, 0.3) is 0 Å². The molecular weight excluding hydrogens is 194 g/mol. The first-order valence-corrected chi connectivity index (χ1v) is 4.64. The summed E-state index contributed by atoms with van der Waals surface area (Å²) in [4.78, 5) is 11.1. The average Bonchev–Trinajstić information content (AvgIpc) is 1.92. The molecule has 1 saturated heterocycles. The molecule has 0 aromatic rings. The highest BCUT2D eigenvalue weighted by molar-refractivity contribution is 9.10. The first kappa shape index (κ1) is 8.05. The Balaban J connectivity index is 2.35. The van der Waals surface area contributed by atoms with Gasteiger partial charge in [-0.05, 0) is 12.8 Å². The molecule has 0 aliphatic carbocycles. The second-order valence-electron chi connectivity index (χ2n) is 2.61. The minimum absolute atomic E-state index is 0.0489. The van der Waals surface area contributed by atoms with Crippen molar-refractivity contribution in [2.45, 2.75) is 30.5 Å². The molecule has 3 heteroatoms. The lowest BCUT2D eigenvalue weighted by molar-refractivity contribution is -0.120. The van der Waals surface area contributed by atoms with Crippen molar-refractivity contribution < 1.29 is 4.79 Å². The lowest BCUT2D eigenvalue weighted by Crippen LogP contribution is -2.33. The predicted octanol–water partition coefficient (Wildman–Crippen LogP) is 1.44. The summed E-state index contributed by atoms with van der Waals surface area (Å²) in [6.45, 7) is 0.848. The molecule has 1 aliphatic heterocycles. The number of hydrogen-bond acceptors (Lipinski definition) is 1. The molecule has 0 bridgehead atoms. The van der Waals surface area contributed by atoms with E-state index in [4.69, 9.17) is 0 Å². The topological polar surface area (TPSA) is 29.1 Å². The minimum Gasteiger partial charge on any atom is -0.355 e. The molecule has 1 heterocycles. The Kier molecular flexibility index (Phi) is 3.19. The Morgan fingerprint density at radius 3 is 3.00 bits per heavy atom. The van der Waals surface area contributed by atoms with Crippen molar-refractivity contribution in [3.63, 3.8) is 0 Å². The molecule has 58 valence electrons. The van der Waals surface area contributed by atoms with Crippen LogP contribution in [0, 0.1) is 0 Å². The Morgan fingerprint density at radius 2 is 2.20 bits per heavy atom. The van der Waals surface area contributed by atoms with Gasteiger partial charge in [-0.2, -0.15) is 0 Å². The van der Waals surface area contributed by atoms with E-state index in [0.29, 0.717) is 0 Å². The standard InChI is InChI=1S/C7H12BrNO/c8-6-4-2-1-3-5-9-7(6)10/h6H,1-5H2,(H,9,10). The van der Waals surface area contributed by atoms with Crippen molar-refractivity contribution >= 4 is 21.8 Å². The molecule has 0 saturated carbocycles. The maximum absolute atomic E-state index is 11.0. The zero-order valence-electron chi connectivity index (χ0n) is 5.90. The molecule has 1 atom stereocenters. The molecule has 1 N–H and O–H groups in total. The average molecular weight is 206 g/mol. The summed E-state index contributed by atoms with van der Waals surface area (Å²) in [5.74, 6) is 0.153. The lowest BCUT2D eigenvalue weighted by Gasteiger charge is -2.13. The summed E-state index contributed by atoms with van der Waals surface area (Å²) >= 11 is 3.33. The van der Waals surface area contributed by atoms with E-state index in [2.05, 4.69) is 21.2 Å². The number of halogens is 1. The molecule has 1 aliphatic rings. The van der Waals surface area contributed by atoms with Gasteiger partial charge >= 0.3 is 0 Å². The maximum atomic E-state index is 11.0. The van der Waals surface area contributed by atoms with Gasteiger partial charge in [0.2, 0.25) is 5.91 Å². The van der Waals surface area contributed by atoms with Gasteiger partial charge in [0.15, 0.2) is 0 Å². The van der Waals surface area contributed by atoms with Crippen LogP contribution >= 0.6 is 15.9 Å². The maximum Gasteiger partial charge on any atom is 0.233 e. The van der Waals surface area contributed by atoms with Gasteiger partial charge in [0.05, 0.1) is 4.83 Å². The van der Waals surface area contributed by atoms with E-state index in [1.807, 2.05) is 0 Å². The fourth-order valence-corrected chi connectivity index (χ4v) is 1.56. The summed E-state index contributed by atoms with van der Waals surface area (Å²) < 4.78 is 0. The molecule has 0 spiro atoms. The van der Waals surface area contributed by atoms with E-state index in [1.54, 1.807) is 0 Å². The number of nitrogens with one attached hydrogen (secondary N) is 1. The monoisotopic (exact) mass is 205 g/mol. The Labute approximate surface area is 69.5 Å². The number of rotatable bonds is 0. The van der Waals surface area contributed by atoms with Crippen molar-refractivity contribution in [2.75, 3.05) is 6.54 Å². The van der Waals surface area contributed by atoms with E-state index in [-0.39, 0.29) is 10.7 Å². The van der Waals surface area contributed by atoms with Crippen molar-refractivity contribution in [1.29, 1.82) is 0 Å². The summed E-state index contributed by atoms with van der Waals surface area (Å²) in [6, 6.07) is 0. The number of hydrogen-bond donors (Lipinski definition) is 1. The van der Waals surface area contributed by atoms with Gasteiger partial charge in [-0.1, -0.05) is 28.8 Å².